The number of hydrogen-bond donors (Lipinski definition) is 2. The molecule has 36 heavy (non-hydrogen) atoms. The third-order valence-corrected chi connectivity index (χ3v) is 7.28. The second-order valence-electron chi connectivity index (χ2n) is 10.4. The maximum Gasteiger partial charge on any atom is 0.145 e. The van der Waals surface area contributed by atoms with Crippen LogP contribution >= 0.6 is 0 Å². The minimum absolute atomic E-state index is 0.177. The Morgan fingerprint density at radius 2 is 1.92 bits per heavy atom. The highest BCUT2D eigenvalue weighted by Crippen LogP contribution is 2.48. The normalized spacial score (nSPS) is 14.8. The van der Waals surface area contributed by atoms with Gasteiger partial charge in [-0.1, -0.05) is 12.1 Å². The van der Waals surface area contributed by atoms with E-state index >= 15 is 0 Å². The van der Waals surface area contributed by atoms with Gasteiger partial charge < -0.3 is 19.6 Å². The summed E-state index contributed by atoms with van der Waals surface area (Å²) in [6.07, 6.45) is 2.35. The predicted molar refractivity (Wildman–Crippen MR) is 140 cm³/mol. The van der Waals surface area contributed by atoms with E-state index in [1.165, 1.54) is 12.8 Å². The van der Waals surface area contributed by atoms with Gasteiger partial charge in [0.1, 0.15) is 34.6 Å². The quantitative estimate of drug-likeness (QED) is 0.292. The fourth-order valence-electron chi connectivity index (χ4n) is 5.00. The zero-order valence-electron chi connectivity index (χ0n) is 21.8. The Morgan fingerprint density at radius 1 is 1.14 bits per heavy atom. The molecule has 6 rings (SSSR count). The van der Waals surface area contributed by atoms with Crippen LogP contribution in [-0.4, -0.2) is 37.0 Å². The summed E-state index contributed by atoms with van der Waals surface area (Å²) >= 11 is 0. The van der Waals surface area contributed by atoms with Crippen molar-refractivity contribution in [2.75, 3.05) is 12.4 Å². The number of rotatable bonds is 6. The zero-order valence-corrected chi connectivity index (χ0v) is 21.8. The third-order valence-electron chi connectivity index (χ3n) is 7.28. The molecule has 1 aliphatic rings. The molecule has 0 unspecified atom stereocenters. The van der Waals surface area contributed by atoms with Gasteiger partial charge >= 0.3 is 0 Å². The van der Waals surface area contributed by atoms with Crippen molar-refractivity contribution in [3.63, 3.8) is 0 Å². The van der Waals surface area contributed by atoms with Crippen molar-refractivity contribution in [3.05, 3.63) is 41.2 Å². The lowest BCUT2D eigenvalue weighted by molar-refractivity contribution is 0.393. The first-order chi connectivity index (χ1) is 17.2. The van der Waals surface area contributed by atoms with Gasteiger partial charge in [0.25, 0.3) is 0 Å². The Balaban J connectivity index is 1.54. The fourth-order valence-corrected chi connectivity index (χ4v) is 5.00. The molecule has 186 valence electrons. The summed E-state index contributed by atoms with van der Waals surface area (Å²) < 4.78 is 13.3. The Hall–Kier alpha value is -3.88. The molecular formula is C27H31N7O2. The molecule has 0 atom stereocenters. The molecule has 0 aliphatic heterocycles. The molecular weight excluding hydrogens is 454 g/mol. The summed E-state index contributed by atoms with van der Waals surface area (Å²) in [4.78, 5) is 13.0. The van der Waals surface area contributed by atoms with Crippen molar-refractivity contribution in [1.29, 1.82) is 0 Å². The molecule has 0 bridgehead atoms. The minimum Gasteiger partial charge on any atom is -0.496 e. The van der Waals surface area contributed by atoms with Crippen LogP contribution in [0.5, 0.6) is 5.75 Å². The molecule has 0 radical (unpaired) electrons. The number of aryl methyl sites for hydroxylation is 3. The van der Waals surface area contributed by atoms with Crippen LogP contribution in [0.1, 0.15) is 62.6 Å². The van der Waals surface area contributed by atoms with Crippen LogP contribution in [0.15, 0.2) is 22.7 Å². The number of nitrogens with zero attached hydrogens (tertiary/aromatic N) is 5. The van der Waals surface area contributed by atoms with Crippen molar-refractivity contribution < 1.29 is 9.26 Å². The average Bonchev–Trinajstić information content (AvgIpc) is 3.15. The first-order valence-electron chi connectivity index (χ1n) is 12.4. The lowest BCUT2D eigenvalue weighted by atomic mass is 10.0. The van der Waals surface area contributed by atoms with E-state index in [1.54, 1.807) is 7.11 Å². The second-order valence-corrected chi connectivity index (χ2v) is 10.4. The molecule has 0 amide bonds. The summed E-state index contributed by atoms with van der Waals surface area (Å²) in [5.41, 5.74) is 5.69. The highest BCUT2D eigenvalue weighted by atomic mass is 16.5. The van der Waals surface area contributed by atoms with Gasteiger partial charge in [-0.15, -0.1) is 0 Å². The Bertz CT molecular complexity index is 1620. The first kappa shape index (κ1) is 22.6. The molecule has 4 heterocycles. The average molecular weight is 486 g/mol. The molecule has 0 spiro atoms. The SMILES string of the molecule is COc1cc2c(cc1-c1c(C)noc1C)[nH]c1nc(C)nc(Nc3cc(C4(C)CC4)nn3C(C)C)c12. The van der Waals surface area contributed by atoms with Gasteiger partial charge in [0.2, 0.25) is 0 Å². The number of methoxy groups -OCH3 is 1. The van der Waals surface area contributed by atoms with Gasteiger partial charge in [-0.3, -0.25) is 0 Å². The summed E-state index contributed by atoms with van der Waals surface area (Å²) in [6, 6.07) is 6.49. The van der Waals surface area contributed by atoms with Crippen LogP contribution in [0.3, 0.4) is 0 Å². The number of ether oxygens (including phenoxy) is 1. The van der Waals surface area contributed by atoms with Crippen LogP contribution < -0.4 is 10.1 Å². The monoisotopic (exact) mass is 485 g/mol. The van der Waals surface area contributed by atoms with Crippen molar-refractivity contribution >= 4 is 33.6 Å². The predicted octanol–water partition coefficient (Wildman–Crippen LogP) is 6.27. The van der Waals surface area contributed by atoms with Gasteiger partial charge in [-0.2, -0.15) is 5.10 Å². The molecule has 9 nitrogen and oxygen atoms in total. The number of aromatic nitrogens is 6. The Labute approximate surface area is 209 Å². The van der Waals surface area contributed by atoms with Crippen LogP contribution in [0, 0.1) is 20.8 Å². The molecule has 1 fully saturated rings. The second kappa shape index (κ2) is 7.81. The van der Waals surface area contributed by atoms with Crippen molar-refractivity contribution in [2.45, 2.75) is 65.8 Å². The molecule has 9 heteroatoms. The third kappa shape index (κ3) is 3.44. The van der Waals surface area contributed by atoms with E-state index in [1.807, 2.05) is 31.5 Å². The van der Waals surface area contributed by atoms with E-state index in [2.05, 4.69) is 48.4 Å². The number of fused-ring (bicyclic) bond motifs is 3. The molecule has 1 saturated carbocycles. The van der Waals surface area contributed by atoms with E-state index in [4.69, 9.17) is 24.3 Å². The summed E-state index contributed by atoms with van der Waals surface area (Å²) in [5.74, 6) is 3.84. The van der Waals surface area contributed by atoms with Crippen molar-refractivity contribution in [3.8, 4) is 16.9 Å². The number of hydrogen-bond acceptors (Lipinski definition) is 7. The van der Waals surface area contributed by atoms with Gasteiger partial charge in [0.15, 0.2) is 0 Å². The largest absolute Gasteiger partial charge is 0.496 e. The van der Waals surface area contributed by atoms with Gasteiger partial charge in [0.05, 0.1) is 29.4 Å². The van der Waals surface area contributed by atoms with E-state index in [0.29, 0.717) is 5.82 Å². The van der Waals surface area contributed by atoms with Gasteiger partial charge in [-0.25, -0.2) is 14.6 Å². The first-order valence-corrected chi connectivity index (χ1v) is 12.4. The summed E-state index contributed by atoms with van der Waals surface area (Å²) in [7, 11) is 1.68. The number of anilines is 2. The topological polar surface area (TPSA) is 107 Å². The highest BCUT2D eigenvalue weighted by molar-refractivity contribution is 6.13. The number of H-pyrrole nitrogens is 1. The summed E-state index contributed by atoms with van der Waals surface area (Å²) in [6.45, 7) is 12.3. The van der Waals surface area contributed by atoms with Crippen LogP contribution in [0.4, 0.5) is 11.6 Å². The molecule has 0 saturated heterocycles. The van der Waals surface area contributed by atoms with Crippen LogP contribution in [0.25, 0.3) is 33.1 Å². The fraction of sp³-hybridized carbons (Fsp3) is 0.407. The number of benzene rings is 1. The maximum atomic E-state index is 5.83. The minimum atomic E-state index is 0.177. The molecule has 4 aromatic heterocycles. The van der Waals surface area contributed by atoms with Crippen LogP contribution in [0.2, 0.25) is 0 Å². The molecule has 2 N–H and O–H groups in total. The Kier molecular flexibility index (Phi) is 4.90. The Morgan fingerprint density at radius 3 is 2.56 bits per heavy atom. The van der Waals surface area contributed by atoms with Crippen molar-refractivity contribution in [2.24, 2.45) is 0 Å². The highest BCUT2D eigenvalue weighted by Gasteiger charge is 2.42. The lowest BCUT2D eigenvalue weighted by Crippen LogP contribution is -2.09. The smallest absolute Gasteiger partial charge is 0.145 e. The standard InChI is InChI=1S/C27H31N7O2/c1-13(2)34-22(12-21(32-34)27(6)8-9-27)31-26-24-17-11-20(35-7)18(23-14(3)33-36-15(23)4)10-19(17)30-25(24)28-16(5)29-26/h10-13H,8-9H2,1-7H3,(H2,28,29,30,31). The molecule has 5 aromatic rings. The van der Waals surface area contributed by atoms with E-state index in [0.717, 1.165) is 67.6 Å². The number of nitrogens with one attached hydrogen (secondary N) is 2. The van der Waals surface area contributed by atoms with Crippen LogP contribution in [-0.2, 0) is 5.41 Å². The van der Waals surface area contributed by atoms with Gasteiger partial charge in [0, 0.05) is 34.0 Å². The lowest BCUT2D eigenvalue weighted by Gasteiger charge is -2.13. The maximum absolute atomic E-state index is 5.83. The number of aromatic amines is 1. The van der Waals surface area contributed by atoms with Gasteiger partial charge in [-0.05, 0) is 59.6 Å². The van der Waals surface area contributed by atoms with E-state index in [9.17, 15) is 0 Å². The molecule has 1 aliphatic carbocycles. The molecule has 1 aromatic carbocycles. The summed E-state index contributed by atoms with van der Waals surface area (Å²) in [5, 5.41) is 14.6. The van der Waals surface area contributed by atoms with E-state index in [-0.39, 0.29) is 11.5 Å². The zero-order chi connectivity index (χ0) is 25.4. The van der Waals surface area contributed by atoms with Crippen molar-refractivity contribution in [1.82, 2.24) is 29.9 Å². The van der Waals surface area contributed by atoms with E-state index < -0.39 is 0 Å².